The Morgan fingerprint density at radius 1 is 0.574 bits per heavy atom. The van der Waals surface area contributed by atoms with Gasteiger partial charge in [-0.1, -0.05) is 46.0 Å². The highest BCUT2D eigenvalue weighted by Crippen LogP contribution is 2.45. The maximum Gasteiger partial charge on any atom is 0.416 e. The van der Waals surface area contributed by atoms with E-state index in [4.69, 9.17) is 23.2 Å². The number of imide groups is 2. The van der Waals surface area contributed by atoms with Crippen molar-refractivity contribution in [3.05, 3.63) is 80.4 Å². The summed E-state index contributed by atoms with van der Waals surface area (Å²) < 4.78 is 78.0. The van der Waals surface area contributed by atoms with E-state index in [1.54, 1.807) is 31.2 Å². The third kappa shape index (κ3) is 6.72. The predicted octanol–water partition coefficient (Wildman–Crippen LogP) is 8.80. The number of alkyl halides is 6. The molecule has 4 aliphatic rings. The van der Waals surface area contributed by atoms with Crippen molar-refractivity contribution in [1.29, 1.82) is 0 Å². The van der Waals surface area contributed by atoms with Crippen molar-refractivity contribution in [3.63, 3.8) is 0 Å². The van der Waals surface area contributed by atoms with Crippen molar-refractivity contribution < 1.29 is 45.5 Å². The average Bonchev–Trinajstić information content (AvgIpc) is 3.35. The fourth-order valence-corrected chi connectivity index (χ4v) is 7.05. The lowest BCUT2D eigenvalue weighted by Gasteiger charge is -2.23. The van der Waals surface area contributed by atoms with Crippen LogP contribution in [0.2, 0.25) is 10.0 Å². The minimum Gasteiger partial charge on any atom is -0.274 e. The van der Waals surface area contributed by atoms with Gasteiger partial charge in [-0.25, -0.2) is 4.90 Å². The quantitative estimate of drug-likeness (QED) is 0.178. The Kier molecular flexibility index (Phi) is 9.17. The lowest BCUT2D eigenvalue weighted by atomic mass is 9.78. The summed E-state index contributed by atoms with van der Waals surface area (Å²) in [5, 5.41) is 0.830. The van der Waals surface area contributed by atoms with Gasteiger partial charge < -0.3 is 0 Å². The number of rotatable bonds is 2. The second-order valence-corrected chi connectivity index (χ2v) is 13.2. The third-order valence-electron chi connectivity index (χ3n) is 9.10. The highest BCUT2D eigenvalue weighted by molar-refractivity contribution is 6.35. The molecular formula is C33H28Cl2F6N2O4. The standard InChI is InChI=1S/C17H13F6NO2.C16H15Cl2NO2/c1-8-2-3-12-13(4-8)15(26)24(14(12)25)11-6-9(16(18,19)20)5-10(7-11)17(21,22)23;1-8-3-13-14(4-9(8)2)16(21)19(15(13)20)12-6-10(17)5-11(18)7-12/h2,5-7,12-13H,3-4H2,1H3;5-7,13-14H,3-4H2,1-2H3. The predicted molar refractivity (Wildman–Crippen MR) is 162 cm³/mol. The van der Waals surface area contributed by atoms with E-state index < -0.39 is 52.8 Å². The first-order valence-corrected chi connectivity index (χ1v) is 15.4. The van der Waals surface area contributed by atoms with Crippen LogP contribution in [-0.4, -0.2) is 23.6 Å². The van der Waals surface area contributed by atoms with Crippen LogP contribution in [0.3, 0.4) is 0 Å². The molecule has 0 radical (unpaired) electrons. The molecule has 2 aromatic carbocycles. The monoisotopic (exact) mass is 700 g/mol. The number of amides is 4. The molecule has 14 heteroatoms. The molecule has 0 bridgehead atoms. The maximum atomic E-state index is 13.0. The molecule has 6 rings (SSSR count). The molecule has 2 fully saturated rings. The molecule has 4 atom stereocenters. The number of hydrogen-bond acceptors (Lipinski definition) is 4. The molecular weight excluding hydrogens is 673 g/mol. The Labute approximate surface area is 276 Å². The summed E-state index contributed by atoms with van der Waals surface area (Å²) in [6.45, 7) is 5.81. The first-order chi connectivity index (χ1) is 21.8. The van der Waals surface area contributed by atoms with E-state index in [2.05, 4.69) is 0 Å². The van der Waals surface area contributed by atoms with Crippen molar-refractivity contribution in [2.45, 2.75) is 58.8 Å². The molecule has 47 heavy (non-hydrogen) atoms. The molecule has 2 saturated heterocycles. The minimum atomic E-state index is -5.05. The highest BCUT2D eigenvalue weighted by atomic mass is 35.5. The molecule has 0 N–H and O–H groups in total. The number of allylic oxidation sites excluding steroid dienone is 4. The Morgan fingerprint density at radius 3 is 1.38 bits per heavy atom. The van der Waals surface area contributed by atoms with Gasteiger partial charge >= 0.3 is 12.4 Å². The Bertz CT molecular complexity index is 1660. The van der Waals surface area contributed by atoms with Crippen LogP contribution in [-0.2, 0) is 31.5 Å². The first kappa shape index (κ1) is 34.7. The van der Waals surface area contributed by atoms with Gasteiger partial charge in [0.05, 0.1) is 46.2 Å². The summed E-state index contributed by atoms with van der Waals surface area (Å²) in [5.41, 5.74) is -0.0818. The van der Waals surface area contributed by atoms with E-state index >= 15 is 0 Å². The van der Waals surface area contributed by atoms with Gasteiger partial charge in [-0.3, -0.25) is 24.1 Å². The topological polar surface area (TPSA) is 74.8 Å². The van der Waals surface area contributed by atoms with Crippen molar-refractivity contribution >= 4 is 58.2 Å². The molecule has 4 unspecified atom stereocenters. The van der Waals surface area contributed by atoms with Gasteiger partial charge in [0.25, 0.3) is 0 Å². The summed E-state index contributed by atoms with van der Waals surface area (Å²) >= 11 is 12.0. The lowest BCUT2D eigenvalue weighted by molar-refractivity contribution is -0.143. The summed E-state index contributed by atoms with van der Waals surface area (Å²) in [6, 6.07) is 5.57. The van der Waals surface area contributed by atoms with Gasteiger partial charge in [-0.05, 0) is 82.9 Å². The Hall–Kier alpha value is -3.64. The number of hydrogen-bond donors (Lipinski definition) is 0. The fraction of sp³-hybridized carbons (Fsp3) is 0.394. The van der Waals surface area contributed by atoms with Gasteiger partial charge in [-0.2, -0.15) is 26.3 Å². The second-order valence-electron chi connectivity index (χ2n) is 12.3. The molecule has 2 aromatic rings. The first-order valence-electron chi connectivity index (χ1n) is 14.6. The zero-order valence-electron chi connectivity index (χ0n) is 25.2. The van der Waals surface area contributed by atoms with Gasteiger partial charge in [0.1, 0.15) is 0 Å². The van der Waals surface area contributed by atoms with Crippen molar-refractivity contribution in [2.24, 2.45) is 23.7 Å². The van der Waals surface area contributed by atoms with Crippen LogP contribution < -0.4 is 9.80 Å². The van der Waals surface area contributed by atoms with Crippen LogP contribution in [0.5, 0.6) is 0 Å². The SMILES string of the molecule is CC1=C(C)CC2C(=O)N(c3cc(Cl)cc(Cl)c3)C(=O)C2C1.CC1=CCC2C(=O)N(c3cc(C(F)(F)F)cc(C(F)(F)F)c3)C(=O)C2C1. The summed E-state index contributed by atoms with van der Waals surface area (Å²) in [6.07, 6.45) is -6.53. The van der Waals surface area contributed by atoms with Crippen LogP contribution in [0.15, 0.2) is 59.2 Å². The number of carbonyl (C=O) groups excluding carboxylic acids is 4. The van der Waals surface area contributed by atoms with Crippen LogP contribution in [0, 0.1) is 23.7 Å². The normalized spacial score (nSPS) is 24.7. The van der Waals surface area contributed by atoms with E-state index in [0.29, 0.717) is 45.6 Å². The van der Waals surface area contributed by atoms with Crippen LogP contribution in [0.25, 0.3) is 0 Å². The van der Waals surface area contributed by atoms with Crippen LogP contribution in [0.1, 0.15) is 57.6 Å². The van der Waals surface area contributed by atoms with E-state index in [0.717, 1.165) is 5.57 Å². The lowest BCUT2D eigenvalue weighted by Crippen LogP contribution is -2.31. The molecule has 6 nitrogen and oxygen atoms in total. The number of fused-ring (bicyclic) bond motifs is 2. The highest BCUT2D eigenvalue weighted by Gasteiger charge is 2.51. The third-order valence-corrected chi connectivity index (χ3v) is 9.54. The molecule has 0 aromatic heterocycles. The molecule has 0 spiro atoms. The summed E-state index contributed by atoms with van der Waals surface area (Å²) in [7, 11) is 0. The van der Waals surface area contributed by atoms with Gasteiger partial charge in [-0.15, -0.1) is 0 Å². The summed E-state index contributed by atoms with van der Waals surface area (Å²) in [4.78, 5) is 52.0. The number of anilines is 2. The molecule has 0 saturated carbocycles. The molecule has 4 amide bonds. The maximum absolute atomic E-state index is 13.0. The van der Waals surface area contributed by atoms with Gasteiger partial charge in [0.15, 0.2) is 0 Å². The Balaban J connectivity index is 0.000000189. The average molecular weight is 701 g/mol. The largest absolute Gasteiger partial charge is 0.416 e. The van der Waals surface area contributed by atoms with Crippen molar-refractivity contribution in [2.75, 3.05) is 9.80 Å². The molecule has 250 valence electrons. The van der Waals surface area contributed by atoms with Crippen LogP contribution in [0.4, 0.5) is 37.7 Å². The van der Waals surface area contributed by atoms with Crippen molar-refractivity contribution in [1.82, 2.24) is 0 Å². The fourth-order valence-electron chi connectivity index (χ4n) is 6.53. The van der Waals surface area contributed by atoms with Gasteiger partial charge in [0, 0.05) is 10.0 Å². The second kappa shape index (κ2) is 12.4. The Morgan fingerprint density at radius 2 is 0.957 bits per heavy atom. The molecule has 2 aliphatic heterocycles. The smallest absolute Gasteiger partial charge is 0.274 e. The number of benzene rings is 2. The zero-order valence-corrected chi connectivity index (χ0v) is 26.7. The van der Waals surface area contributed by atoms with E-state index in [1.165, 1.54) is 16.0 Å². The van der Waals surface area contributed by atoms with E-state index in [1.807, 2.05) is 13.8 Å². The molecule has 2 heterocycles. The number of halogens is 8. The number of nitrogens with zero attached hydrogens (tertiary/aromatic N) is 2. The minimum absolute atomic E-state index is 0.0344. The summed E-state index contributed by atoms with van der Waals surface area (Å²) in [5.74, 6) is -3.83. The number of carbonyl (C=O) groups is 4. The van der Waals surface area contributed by atoms with Crippen LogP contribution >= 0.6 is 23.2 Å². The van der Waals surface area contributed by atoms with Crippen molar-refractivity contribution in [3.8, 4) is 0 Å². The van der Waals surface area contributed by atoms with E-state index in [-0.39, 0.29) is 42.6 Å². The zero-order chi connectivity index (χ0) is 34.7. The molecule has 2 aliphatic carbocycles. The van der Waals surface area contributed by atoms with E-state index in [9.17, 15) is 45.5 Å². The van der Waals surface area contributed by atoms with Gasteiger partial charge in [0.2, 0.25) is 23.6 Å².